The molecule has 2 aromatic carbocycles. The Bertz CT molecular complexity index is 717. The molecule has 0 aromatic heterocycles. The van der Waals surface area contributed by atoms with Crippen molar-refractivity contribution in [1.29, 1.82) is 0 Å². The van der Waals surface area contributed by atoms with E-state index in [9.17, 15) is 14.9 Å². The zero-order valence-electron chi connectivity index (χ0n) is 12.4. The lowest BCUT2D eigenvalue weighted by Gasteiger charge is -2.07. The molecule has 0 saturated heterocycles. The van der Waals surface area contributed by atoms with Crippen molar-refractivity contribution in [3.8, 4) is 5.75 Å². The molecule has 0 saturated carbocycles. The van der Waals surface area contributed by atoms with E-state index >= 15 is 0 Å². The van der Waals surface area contributed by atoms with Crippen LogP contribution in [-0.4, -0.2) is 17.4 Å². The van der Waals surface area contributed by atoms with Crippen LogP contribution in [0.15, 0.2) is 42.5 Å². The third-order valence-electron chi connectivity index (χ3n) is 3.09. The fourth-order valence-corrected chi connectivity index (χ4v) is 2.13. The zero-order valence-corrected chi connectivity index (χ0v) is 13.2. The van der Waals surface area contributed by atoms with Gasteiger partial charge in [-0.2, -0.15) is 0 Å². The van der Waals surface area contributed by atoms with E-state index < -0.39 is 10.8 Å². The molecule has 0 unspecified atom stereocenters. The molecule has 7 heteroatoms. The Balaban J connectivity index is 2.02. The number of halogens is 1. The van der Waals surface area contributed by atoms with E-state index in [1.165, 1.54) is 12.1 Å². The van der Waals surface area contributed by atoms with E-state index in [1.54, 1.807) is 0 Å². The summed E-state index contributed by atoms with van der Waals surface area (Å²) in [6.07, 6.45) is 0. The lowest BCUT2D eigenvalue weighted by molar-refractivity contribution is -0.384. The third kappa shape index (κ3) is 4.43. The molecule has 2 aromatic rings. The van der Waals surface area contributed by atoms with Crippen LogP contribution in [0.1, 0.15) is 22.8 Å². The maximum absolute atomic E-state index is 12.1. The molecular formula is C16H15ClN2O4. The first-order chi connectivity index (χ1) is 11.0. The van der Waals surface area contributed by atoms with Gasteiger partial charge in [-0.3, -0.25) is 14.9 Å². The number of benzene rings is 2. The van der Waals surface area contributed by atoms with E-state index in [1.807, 2.05) is 31.2 Å². The molecule has 0 aliphatic carbocycles. The van der Waals surface area contributed by atoms with Crippen LogP contribution in [0.25, 0.3) is 0 Å². The minimum atomic E-state index is -0.619. The van der Waals surface area contributed by atoms with E-state index in [-0.39, 0.29) is 16.3 Å². The fraction of sp³-hybridized carbons (Fsp3) is 0.188. The maximum Gasteiger partial charge on any atom is 0.288 e. The van der Waals surface area contributed by atoms with Gasteiger partial charge in [0.15, 0.2) is 0 Å². The highest BCUT2D eigenvalue weighted by molar-refractivity contribution is 6.32. The first-order valence-electron chi connectivity index (χ1n) is 6.95. The van der Waals surface area contributed by atoms with Crippen LogP contribution in [0.2, 0.25) is 5.02 Å². The summed E-state index contributed by atoms with van der Waals surface area (Å²) in [6.45, 7) is 2.80. The predicted octanol–water partition coefficient (Wildman–Crippen LogP) is 3.58. The number of nitro groups is 1. The van der Waals surface area contributed by atoms with Gasteiger partial charge in [0.05, 0.1) is 11.5 Å². The van der Waals surface area contributed by atoms with Crippen molar-refractivity contribution in [2.45, 2.75) is 13.5 Å². The van der Waals surface area contributed by atoms with Gasteiger partial charge in [-0.1, -0.05) is 23.7 Å². The van der Waals surface area contributed by atoms with Crippen molar-refractivity contribution < 1.29 is 14.5 Å². The van der Waals surface area contributed by atoms with Gasteiger partial charge in [0.2, 0.25) is 0 Å². The summed E-state index contributed by atoms with van der Waals surface area (Å²) in [5.41, 5.74) is 0.790. The van der Waals surface area contributed by atoms with Crippen LogP contribution in [0, 0.1) is 10.1 Å². The molecule has 0 aliphatic rings. The molecule has 0 heterocycles. The zero-order chi connectivity index (χ0) is 16.8. The minimum absolute atomic E-state index is 0.00179. The summed E-state index contributed by atoms with van der Waals surface area (Å²) < 4.78 is 5.34. The number of carbonyl (C=O) groups is 1. The van der Waals surface area contributed by atoms with Crippen molar-refractivity contribution in [2.75, 3.05) is 6.61 Å². The van der Waals surface area contributed by atoms with Gasteiger partial charge in [0, 0.05) is 18.2 Å². The van der Waals surface area contributed by atoms with E-state index in [0.29, 0.717) is 13.2 Å². The number of nitrogens with zero attached hydrogens (tertiary/aromatic N) is 1. The van der Waals surface area contributed by atoms with Crippen molar-refractivity contribution in [1.82, 2.24) is 5.32 Å². The van der Waals surface area contributed by atoms with Crippen molar-refractivity contribution >= 4 is 23.2 Å². The maximum atomic E-state index is 12.1. The van der Waals surface area contributed by atoms with Crippen molar-refractivity contribution in [3.05, 3.63) is 68.7 Å². The van der Waals surface area contributed by atoms with Gasteiger partial charge in [0.25, 0.3) is 11.6 Å². The smallest absolute Gasteiger partial charge is 0.288 e. The predicted molar refractivity (Wildman–Crippen MR) is 86.9 cm³/mol. The SMILES string of the molecule is CCOc1ccc(CNC(=O)c2ccc(Cl)c([N+](=O)[O-])c2)cc1. The fourth-order valence-electron chi connectivity index (χ4n) is 1.95. The molecule has 0 bridgehead atoms. The molecular weight excluding hydrogens is 320 g/mol. The van der Waals surface area contributed by atoms with Crippen molar-refractivity contribution in [3.63, 3.8) is 0 Å². The summed E-state index contributed by atoms with van der Waals surface area (Å²) in [6, 6.07) is 11.3. The number of rotatable bonds is 6. The van der Waals surface area contributed by atoms with Crippen LogP contribution >= 0.6 is 11.6 Å². The average Bonchev–Trinajstić information content (AvgIpc) is 2.54. The Morgan fingerprint density at radius 1 is 1.26 bits per heavy atom. The summed E-state index contributed by atoms with van der Waals surface area (Å²) in [5, 5.41) is 13.5. The summed E-state index contributed by atoms with van der Waals surface area (Å²) >= 11 is 5.72. The third-order valence-corrected chi connectivity index (χ3v) is 3.41. The van der Waals surface area contributed by atoms with Gasteiger partial charge >= 0.3 is 0 Å². The molecule has 6 nitrogen and oxygen atoms in total. The molecule has 23 heavy (non-hydrogen) atoms. The molecule has 0 aliphatic heterocycles. The Morgan fingerprint density at radius 3 is 2.57 bits per heavy atom. The van der Waals surface area contributed by atoms with Crippen LogP contribution in [0.4, 0.5) is 5.69 Å². The second kappa shape index (κ2) is 7.60. The van der Waals surface area contributed by atoms with Crippen LogP contribution in [-0.2, 0) is 6.54 Å². The van der Waals surface area contributed by atoms with Gasteiger partial charge in [-0.05, 0) is 36.8 Å². The van der Waals surface area contributed by atoms with E-state index in [4.69, 9.17) is 16.3 Å². The van der Waals surface area contributed by atoms with Crippen LogP contribution < -0.4 is 10.1 Å². The number of carbonyl (C=O) groups excluding carboxylic acids is 1. The molecule has 0 radical (unpaired) electrons. The minimum Gasteiger partial charge on any atom is -0.494 e. The number of hydrogen-bond donors (Lipinski definition) is 1. The largest absolute Gasteiger partial charge is 0.494 e. The highest BCUT2D eigenvalue weighted by Crippen LogP contribution is 2.25. The summed E-state index contributed by atoms with van der Waals surface area (Å²) in [5.74, 6) is 0.356. The Labute approximate surface area is 138 Å². The highest BCUT2D eigenvalue weighted by Gasteiger charge is 2.16. The standard InChI is InChI=1S/C16H15ClN2O4/c1-2-23-13-6-3-11(4-7-13)10-18-16(20)12-5-8-14(17)15(9-12)19(21)22/h3-9H,2,10H2,1H3,(H,18,20). The van der Waals surface area contributed by atoms with E-state index in [0.717, 1.165) is 17.4 Å². The van der Waals surface area contributed by atoms with E-state index in [2.05, 4.69) is 5.32 Å². The van der Waals surface area contributed by atoms with Crippen LogP contribution in [0.3, 0.4) is 0 Å². The molecule has 1 N–H and O–H groups in total. The lowest BCUT2D eigenvalue weighted by atomic mass is 10.1. The number of nitro benzene ring substituents is 1. The second-order valence-corrected chi connectivity index (χ2v) is 5.09. The number of hydrogen-bond acceptors (Lipinski definition) is 4. The lowest BCUT2D eigenvalue weighted by Crippen LogP contribution is -2.22. The van der Waals surface area contributed by atoms with Gasteiger partial charge in [0.1, 0.15) is 10.8 Å². The van der Waals surface area contributed by atoms with Crippen LogP contribution in [0.5, 0.6) is 5.75 Å². The summed E-state index contributed by atoms with van der Waals surface area (Å²) in [4.78, 5) is 22.3. The molecule has 0 atom stereocenters. The van der Waals surface area contributed by atoms with Gasteiger partial charge < -0.3 is 10.1 Å². The normalized spacial score (nSPS) is 10.2. The molecule has 120 valence electrons. The number of amides is 1. The second-order valence-electron chi connectivity index (χ2n) is 4.68. The Morgan fingerprint density at radius 2 is 1.96 bits per heavy atom. The summed E-state index contributed by atoms with van der Waals surface area (Å²) in [7, 11) is 0. The molecule has 0 fully saturated rings. The number of nitrogens with one attached hydrogen (secondary N) is 1. The quantitative estimate of drug-likeness (QED) is 0.646. The first-order valence-corrected chi connectivity index (χ1v) is 7.33. The highest BCUT2D eigenvalue weighted by atomic mass is 35.5. The monoisotopic (exact) mass is 334 g/mol. The average molecular weight is 335 g/mol. The molecule has 0 spiro atoms. The molecule has 2 rings (SSSR count). The van der Waals surface area contributed by atoms with Gasteiger partial charge in [-0.15, -0.1) is 0 Å². The first kappa shape index (κ1) is 16.8. The topological polar surface area (TPSA) is 81.5 Å². The Hall–Kier alpha value is -2.60. The molecule has 1 amide bonds. The van der Waals surface area contributed by atoms with Gasteiger partial charge in [-0.25, -0.2) is 0 Å². The number of ether oxygens (including phenoxy) is 1. The van der Waals surface area contributed by atoms with Crippen molar-refractivity contribution in [2.24, 2.45) is 0 Å². The Kier molecular flexibility index (Phi) is 5.54.